The van der Waals surface area contributed by atoms with Gasteiger partial charge in [-0.3, -0.25) is 0 Å². The summed E-state index contributed by atoms with van der Waals surface area (Å²) in [7, 11) is 0. The second kappa shape index (κ2) is 5.65. The highest BCUT2D eigenvalue weighted by atomic mass is 79.9. The summed E-state index contributed by atoms with van der Waals surface area (Å²) in [6, 6.07) is 1.33. The van der Waals surface area contributed by atoms with Gasteiger partial charge in [0.15, 0.2) is 17.5 Å². The number of hydrogen-bond donors (Lipinski definition) is 2. The van der Waals surface area contributed by atoms with E-state index >= 15 is 0 Å². The molecule has 0 radical (unpaired) electrons. The molecular formula is C10H10BrF3O2. The Kier molecular flexibility index (Phi) is 4.76. The van der Waals surface area contributed by atoms with Gasteiger partial charge in [0, 0.05) is 5.33 Å². The molecular weight excluding hydrogens is 289 g/mol. The molecule has 1 aromatic carbocycles. The first kappa shape index (κ1) is 13.5. The molecule has 90 valence electrons. The van der Waals surface area contributed by atoms with Crippen LogP contribution in [-0.2, 0) is 0 Å². The molecule has 1 aromatic rings. The molecule has 0 spiro atoms. The van der Waals surface area contributed by atoms with Gasteiger partial charge in [-0.05, 0) is 24.1 Å². The van der Waals surface area contributed by atoms with Gasteiger partial charge in [-0.15, -0.1) is 0 Å². The average molecular weight is 299 g/mol. The van der Waals surface area contributed by atoms with E-state index in [1.54, 1.807) is 0 Å². The molecule has 0 aliphatic carbocycles. The molecule has 0 saturated heterocycles. The average Bonchev–Trinajstić information content (AvgIpc) is 2.24. The minimum Gasteiger partial charge on any atom is -0.390 e. The van der Waals surface area contributed by atoms with E-state index in [0.29, 0.717) is 17.5 Å². The van der Waals surface area contributed by atoms with E-state index in [1.165, 1.54) is 0 Å². The number of hydrogen-bond acceptors (Lipinski definition) is 2. The lowest BCUT2D eigenvalue weighted by Crippen LogP contribution is -2.19. The summed E-state index contributed by atoms with van der Waals surface area (Å²) in [6.45, 7) is 0. The monoisotopic (exact) mass is 298 g/mol. The van der Waals surface area contributed by atoms with Crippen molar-refractivity contribution < 1.29 is 23.4 Å². The maximum Gasteiger partial charge on any atom is 0.194 e. The fourth-order valence-corrected chi connectivity index (χ4v) is 1.71. The topological polar surface area (TPSA) is 40.5 Å². The molecule has 0 aliphatic rings. The molecule has 6 heteroatoms. The molecule has 0 fully saturated rings. The van der Waals surface area contributed by atoms with Crippen LogP contribution in [-0.4, -0.2) is 21.6 Å². The summed E-state index contributed by atoms with van der Waals surface area (Å²) in [5, 5.41) is 19.4. The maximum atomic E-state index is 12.8. The van der Waals surface area contributed by atoms with Gasteiger partial charge in [-0.2, -0.15) is 0 Å². The molecule has 0 heterocycles. The van der Waals surface area contributed by atoms with Gasteiger partial charge >= 0.3 is 0 Å². The lowest BCUT2D eigenvalue weighted by Gasteiger charge is -2.17. The van der Waals surface area contributed by atoms with Crippen molar-refractivity contribution in [2.45, 2.75) is 18.6 Å². The normalized spacial score (nSPS) is 14.9. The zero-order valence-electron chi connectivity index (χ0n) is 8.13. The SMILES string of the molecule is OC(CCBr)C(O)c1cc(F)c(F)c(F)c1. The van der Waals surface area contributed by atoms with Crippen molar-refractivity contribution in [3.8, 4) is 0 Å². The van der Waals surface area contributed by atoms with E-state index in [2.05, 4.69) is 15.9 Å². The van der Waals surface area contributed by atoms with Crippen LogP contribution in [0.5, 0.6) is 0 Å². The van der Waals surface area contributed by atoms with Crippen LogP contribution < -0.4 is 0 Å². The highest BCUT2D eigenvalue weighted by molar-refractivity contribution is 9.09. The minimum absolute atomic E-state index is 0.190. The summed E-state index contributed by atoms with van der Waals surface area (Å²) in [5.41, 5.74) is -0.190. The van der Waals surface area contributed by atoms with Crippen molar-refractivity contribution in [3.05, 3.63) is 35.1 Å². The van der Waals surface area contributed by atoms with E-state index in [0.717, 1.165) is 0 Å². The summed E-state index contributed by atoms with van der Waals surface area (Å²) >= 11 is 3.05. The van der Waals surface area contributed by atoms with E-state index in [1.807, 2.05) is 0 Å². The van der Waals surface area contributed by atoms with Gasteiger partial charge < -0.3 is 10.2 Å². The van der Waals surface area contributed by atoms with Gasteiger partial charge in [-0.25, -0.2) is 13.2 Å². The number of benzene rings is 1. The van der Waals surface area contributed by atoms with E-state index in [4.69, 9.17) is 0 Å². The Labute approximate surface area is 98.8 Å². The van der Waals surface area contributed by atoms with Crippen molar-refractivity contribution >= 4 is 15.9 Å². The molecule has 0 saturated carbocycles. The molecule has 2 nitrogen and oxygen atoms in total. The zero-order chi connectivity index (χ0) is 12.3. The smallest absolute Gasteiger partial charge is 0.194 e. The third-order valence-electron chi connectivity index (χ3n) is 2.12. The lowest BCUT2D eigenvalue weighted by molar-refractivity contribution is 0.0169. The summed E-state index contributed by atoms with van der Waals surface area (Å²) in [4.78, 5) is 0. The van der Waals surface area contributed by atoms with Crippen molar-refractivity contribution in [1.82, 2.24) is 0 Å². The number of alkyl halides is 1. The lowest BCUT2D eigenvalue weighted by atomic mass is 10.0. The highest BCUT2D eigenvalue weighted by Gasteiger charge is 2.21. The second-order valence-corrected chi connectivity index (χ2v) is 4.08. The van der Waals surface area contributed by atoms with Crippen LogP contribution in [0.1, 0.15) is 18.1 Å². The highest BCUT2D eigenvalue weighted by Crippen LogP contribution is 2.23. The molecule has 16 heavy (non-hydrogen) atoms. The van der Waals surface area contributed by atoms with Crippen LogP contribution in [0, 0.1) is 17.5 Å². The third-order valence-corrected chi connectivity index (χ3v) is 2.57. The summed E-state index contributed by atoms with van der Waals surface area (Å²) in [6.07, 6.45) is -2.40. The Hall–Kier alpha value is -0.590. The Balaban J connectivity index is 2.96. The molecule has 2 unspecified atom stereocenters. The Morgan fingerprint density at radius 1 is 1.12 bits per heavy atom. The van der Waals surface area contributed by atoms with Crippen LogP contribution in [0.3, 0.4) is 0 Å². The largest absolute Gasteiger partial charge is 0.390 e. The summed E-state index contributed by atoms with van der Waals surface area (Å²) < 4.78 is 38.3. The Bertz CT molecular complexity index is 350. The van der Waals surface area contributed by atoms with Crippen molar-refractivity contribution in [3.63, 3.8) is 0 Å². The van der Waals surface area contributed by atoms with Crippen LogP contribution in [0.25, 0.3) is 0 Å². The van der Waals surface area contributed by atoms with Crippen molar-refractivity contribution in [2.24, 2.45) is 0 Å². The van der Waals surface area contributed by atoms with Crippen LogP contribution in [0.2, 0.25) is 0 Å². The van der Waals surface area contributed by atoms with Gasteiger partial charge in [0.25, 0.3) is 0 Å². The van der Waals surface area contributed by atoms with E-state index in [9.17, 15) is 23.4 Å². The predicted molar refractivity (Wildman–Crippen MR) is 55.7 cm³/mol. The first-order valence-electron chi connectivity index (χ1n) is 4.54. The molecule has 1 rings (SSSR count). The first-order chi connectivity index (χ1) is 7.47. The fourth-order valence-electron chi connectivity index (χ4n) is 1.24. The number of aliphatic hydroxyl groups excluding tert-OH is 2. The van der Waals surface area contributed by atoms with E-state index in [-0.39, 0.29) is 12.0 Å². The number of rotatable bonds is 4. The quantitative estimate of drug-likeness (QED) is 0.661. The van der Waals surface area contributed by atoms with Gasteiger partial charge in [0.2, 0.25) is 0 Å². The van der Waals surface area contributed by atoms with Crippen LogP contribution >= 0.6 is 15.9 Å². The summed E-state index contributed by atoms with van der Waals surface area (Å²) in [5.74, 6) is -4.37. The second-order valence-electron chi connectivity index (χ2n) is 3.29. The molecule has 0 bridgehead atoms. The van der Waals surface area contributed by atoms with Gasteiger partial charge in [0.1, 0.15) is 6.10 Å². The number of aliphatic hydroxyl groups is 2. The van der Waals surface area contributed by atoms with Gasteiger partial charge in [-0.1, -0.05) is 15.9 Å². The standard InChI is InChI=1S/C10H10BrF3O2/c11-2-1-8(15)10(16)5-3-6(12)9(14)7(13)4-5/h3-4,8,10,15-16H,1-2H2. The minimum atomic E-state index is -1.59. The van der Waals surface area contributed by atoms with Crippen molar-refractivity contribution in [2.75, 3.05) is 5.33 Å². The fraction of sp³-hybridized carbons (Fsp3) is 0.400. The van der Waals surface area contributed by atoms with E-state index < -0.39 is 29.7 Å². The Morgan fingerprint density at radius 2 is 1.62 bits per heavy atom. The molecule has 0 aliphatic heterocycles. The van der Waals surface area contributed by atoms with Crippen LogP contribution in [0.15, 0.2) is 12.1 Å². The molecule has 2 atom stereocenters. The predicted octanol–water partition coefficient (Wildman–Crippen LogP) is 2.28. The maximum absolute atomic E-state index is 12.8. The van der Waals surface area contributed by atoms with Crippen LogP contribution in [0.4, 0.5) is 13.2 Å². The molecule has 0 amide bonds. The van der Waals surface area contributed by atoms with Crippen molar-refractivity contribution in [1.29, 1.82) is 0 Å². The molecule has 0 aromatic heterocycles. The van der Waals surface area contributed by atoms with Gasteiger partial charge in [0.05, 0.1) is 6.10 Å². The first-order valence-corrected chi connectivity index (χ1v) is 5.66. The Morgan fingerprint density at radius 3 is 2.06 bits per heavy atom. The zero-order valence-corrected chi connectivity index (χ0v) is 9.72. The third kappa shape index (κ3) is 2.96. The number of halogens is 4. The molecule has 2 N–H and O–H groups in total.